The summed E-state index contributed by atoms with van der Waals surface area (Å²) in [6.07, 6.45) is 0. The molecule has 3 rings (SSSR count). The molecule has 0 saturated carbocycles. The van der Waals surface area contributed by atoms with E-state index in [-0.39, 0.29) is 11.1 Å². The standard InChI is InChI=1S/C18H8N4S2/c1-9-3-13-15(11(5-19)6-20)18-14(4-10(2)24-18)16(17(13)23-9)12(7-21)8-22/h3-4H,1-2H3. The van der Waals surface area contributed by atoms with Crippen molar-refractivity contribution in [2.45, 2.75) is 13.8 Å². The van der Waals surface area contributed by atoms with Crippen LogP contribution in [0.4, 0.5) is 0 Å². The fourth-order valence-corrected chi connectivity index (χ4v) is 4.95. The van der Waals surface area contributed by atoms with Gasteiger partial charge in [0.1, 0.15) is 35.4 Å². The average Bonchev–Trinajstić information content (AvgIpc) is 3.12. The molecule has 0 aliphatic carbocycles. The van der Waals surface area contributed by atoms with E-state index in [2.05, 4.69) is 0 Å². The Morgan fingerprint density at radius 1 is 0.708 bits per heavy atom. The maximum atomic E-state index is 9.37. The Balaban J connectivity index is 2.93. The van der Waals surface area contributed by atoms with Crippen LogP contribution in [-0.2, 0) is 0 Å². The van der Waals surface area contributed by atoms with Crippen molar-refractivity contribution in [2.75, 3.05) is 0 Å². The quantitative estimate of drug-likeness (QED) is 0.626. The number of fused-ring (bicyclic) bond motifs is 2. The predicted octanol–water partition coefficient (Wildman–Crippen LogP) is 3.13. The molecular formula is C18H8N4S2. The van der Waals surface area contributed by atoms with Crippen LogP contribution >= 0.6 is 22.7 Å². The van der Waals surface area contributed by atoms with E-state index >= 15 is 0 Å². The lowest BCUT2D eigenvalue weighted by Gasteiger charge is -1.99. The van der Waals surface area contributed by atoms with Crippen LogP contribution in [0.2, 0.25) is 0 Å². The number of hydrogen-bond acceptors (Lipinski definition) is 6. The molecule has 0 radical (unpaired) electrons. The SMILES string of the molecule is Cc1cc2c(=C(C#N)C#N)c3sc(C)cc3c(=C(C#N)C#N)c2s1. The van der Waals surface area contributed by atoms with E-state index in [1.165, 1.54) is 22.7 Å². The van der Waals surface area contributed by atoms with Crippen LogP contribution < -0.4 is 10.4 Å². The Kier molecular flexibility index (Phi) is 3.80. The third-order valence-electron chi connectivity index (χ3n) is 3.65. The van der Waals surface area contributed by atoms with Crippen LogP contribution in [-0.4, -0.2) is 0 Å². The zero-order chi connectivity index (χ0) is 17.4. The monoisotopic (exact) mass is 344 g/mol. The molecule has 24 heavy (non-hydrogen) atoms. The summed E-state index contributed by atoms with van der Waals surface area (Å²) in [5.74, 6) is 0. The maximum absolute atomic E-state index is 9.37. The lowest BCUT2D eigenvalue weighted by atomic mass is 10.0. The molecule has 2 aromatic heterocycles. The van der Waals surface area contributed by atoms with Crippen molar-refractivity contribution >= 4 is 54.0 Å². The highest BCUT2D eigenvalue weighted by Gasteiger charge is 2.16. The van der Waals surface area contributed by atoms with Gasteiger partial charge in [0.25, 0.3) is 0 Å². The molecule has 6 heteroatoms. The molecule has 0 bridgehead atoms. The molecule has 0 saturated heterocycles. The highest BCUT2D eigenvalue weighted by Crippen LogP contribution is 2.28. The number of benzene rings is 1. The molecule has 4 nitrogen and oxygen atoms in total. The Labute approximate surface area is 145 Å². The van der Waals surface area contributed by atoms with Gasteiger partial charge in [-0.2, -0.15) is 21.0 Å². The van der Waals surface area contributed by atoms with Crippen LogP contribution in [0.1, 0.15) is 9.75 Å². The van der Waals surface area contributed by atoms with Gasteiger partial charge in [-0.05, 0) is 26.0 Å². The number of nitrogens with zero attached hydrogens (tertiary/aromatic N) is 4. The minimum atomic E-state index is 0.0478. The third-order valence-corrected chi connectivity index (χ3v) is 5.79. The van der Waals surface area contributed by atoms with Gasteiger partial charge in [-0.1, -0.05) is 0 Å². The Bertz CT molecular complexity index is 1110. The summed E-state index contributed by atoms with van der Waals surface area (Å²) in [5, 5.41) is 40.2. The van der Waals surface area contributed by atoms with Gasteiger partial charge in [-0.3, -0.25) is 0 Å². The highest BCUT2D eigenvalue weighted by atomic mass is 32.1. The molecule has 0 atom stereocenters. The van der Waals surface area contributed by atoms with Crippen LogP contribution in [0.3, 0.4) is 0 Å². The minimum Gasteiger partial charge on any atom is -0.192 e. The van der Waals surface area contributed by atoms with Gasteiger partial charge in [0.05, 0.1) is 0 Å². The van der Waals surface area contributed by atoms with Crippen LogP contribution in [0.25, 0.3) is 31.3 Å². The molecule has 0 N–H and O–H groups in total. The van der Waals surface area contributed by atoms with Gasteiger partial charge in [0.2, 0.25) is 0 Å². The first-order valence-electron chi connectivity index (χ1n) is 6.87. The fraction of sp³-hybridized carbons (Fsp3) is 0.111. The molecule has 0 amide bonds. The predicted molar refractivity (Wildman–Crippen MR) is 95.2 cm³/mol. The Morgan fingerprint density at radius 2 is 1.04 bits per heavy atom. The molecule has 112 valence electrons. The number of nitriles is 4. The molecule has 2 heterocycles. The zero-order valence-corrected chi connectivity index (χ0v) is 14.4. The largest absolute Gasteiger partial charge is 0.192 e. The number of rotatable bonds is 0. The summed E-state index contributed by atoms with van der Waals surface area (Å²) in [6, 6.07) is 11.7. The maximum Gasteiger partial charge on any atom is 0.138 e. The van der Waals surface area contributed by atoms with E-state index < -0.39 is 0 Å². The Hall–Kier alpha value is -3.16. The number of aryl methyl sites for hydroxylation is 2. The summed E-state index contributed by atoms with van der Waals surface area (Å²) in [5.41, 5.74) is 0.0957. The van der Waals surface area contributed by atoms with Gasteiger partial charge in [-0.15, -0.1) is 22.7 Å². The summed E-state index contributed by atoms with van der Waals surface area (Å²) >= 11 is 2.93. The average molecular weight is 344 g/mol. The van der Waals surface area contributed by atoms with E-state index in [9.17, 15) is 21.0 Å². The summed E-state index contributed by atoms with van der Waals surface area (Å²) in [6.45, 7) is 3.85. The van der Waals surface area contributed by atoms with Crippen molar-refractivity contribution in [3.05, 3.63) is 32.3 Å². The van der Waals surface area contributed by atoms with Crippen LogP contribution in [0, 0.1) is 59.2 Å². The lowest BCUT2D eigenvalue weighted by Crippen LogP contribution is -2.15. The van der Waals surface area contributed by atoms with Gasteiger partial charge in [0, 0.05) is 40.4 Å². The zero-order valence-electron chi connectivity index (χ0n) is 12.8. The van der Waals surface area contributed by atoms with Gasteiger partial charge in [0.15, 0.2) is 0 Å². The summed E-state index contributed by atoms with van der Waals surface area (Å²) in [7, 11) is 0. The topological polar surface area (TPSA) is 95.2 Å². The summed E-state index contributed by atoms with van der Waals surface area (Å²) in [4.78, 5) is 1.99. The Morgan fingerprint density at radius 3 is 1.33 bits per heavy atom. The van der Waals surface area contributed by atoms with E-state index in [1.54, 1.807) is 0 Å². The van der Waals surface area contributed by atoms with Crippen molar-refractivity contribution in [2.24, 2.45) is 0 Å². The first-order chi connectivity index (χ1) is 11.5. The molecule has 3 aromatic rings. The number of thiophene rings is 2. The van der Waals surface area contributed by atoms with Crippen LogP contribution in [0.5, 0.6) is 0 Å². The second-order valence-corrected chi connectivity index (χ2v) is 7.66. The molecule has 0 fully saturated rings. The molecule has 0 unspecified atom stereocenters. The second kappa shape index (κ2) is 5.80. The normalized spacial score (nSPS) is 9.92. The van der Waals surface area contributed by atoms with Gasteiger partial charge in [-0.25, -0.2) is 0 Å². The van der Waals surface area contributed by atoms with Crippen molar-refractivity contribution < 1.29 is 0 Å². The fourth-order valence-electron chi connectivity index (χ4n) is 2.79. The molecule has 1 aromatic carbocycles. The third kappa shape index (κ3) is 2.15. The van der Waals surface area contributed by atoms with Crippen molar-refractivity contribution in [3.63, 3.8) is 0 Å². The first-order valence-corrected chi connectivity index (χ1v) is 8.50. The van der Waals surface area contributed by atoms with Gasteiger partial charge >= 0.3 is 0 Å². The van der Waals surface area contributed by atoms with Gasteiger partial charge < -0.3 is 0 Å². The first kappa shape index (κ1) is 15.7. The van der Waals surface area contributed by atoms with Crippen molar-refractivity contribution in [1.29, 1.82) is 21.0 Å². The van der Waals surface area contributed by atoms with E-state index in [0.717, 1.165) is 29.9 Å². The smallest absolute Gasteiger partial charge is 0.138 e. The molecule has 0 spiro atoms. The second-order valence-electron chi connectivity index (χ2n) is 5.15. The molecule has 0 aliphatic heterocycles. The molecule has 0 aliphatic rings. The lowest BCUT2D eigenvalue weighted by molar-refractivity contribution is 1.50. The molecular weight excluding hydrogens is 336 g/mol. The minimum absolute atomic E-state index is 0.0478. The van der Waals surface area contributed by atoms with E-state index in [1.807, 2.05) is 50.3 Å². The van der Waals surface area contributed by atoms with E-state index in [4.69, 9.17) is 0 Å². The van der Waals surface area contributed by atoms with Crippen molar-refractivity contribution in [3.8, 4) is 24.3 Å². The van der Waals surface area contributed by atoms with Crippen molar-refractivity contribution in [1.82, 2.24) is 0 Å². The summed E-state index contributed by atoms with van der Waals surface area (Å²) < 4.78 is 1.54. The highest BCUT2D eigenvalue weighted by molar-refractivity contribution is 7.20. The van der Waals surface area contributed by atoms with E-state index in [0.29, 0.717) is 10.4 Å². The van der Waals surface area contributed by atoms with Crippen LogP contribution in [0.15, 0.2) is 12.1 Å². The number of hydrogen-bond donors (Lipinski definition) is 0.